The number of allylic oxidation sites excluding steroid dienone is 2. The molecule has 15 heteroatoms. The maximum absolute atomic E-state index is 13.7. The molecule has 7 aliphatic rings. The van der Waals surface area contributed by atoms with Crippen LogP contribution in [-0.4, -0.2) is 139 Å². The van der Waals surface area contributed by atoms with E-state index in [0.717, 1.165) is 25.7 Å². The molecule has 0 spiro atoms. The second kappa shape index (κ2) is 14.7. The summed E-state index contributed by atoms with van der Waals surface area (Å²) in [6, 6.07) is 0. The van der Waals surface area contributed by atoms with Gasteiger partial charge in [-0.2, -0.15) is 0 Å². The predicted molar refractivity (Wildman–Crippen MR) is 200 cm³/mol. The molecule has 5 aliphatic carbocycles. The summed E-state index contributed by atoms with van der Waals surface area (Å²) in [5.74, 6) is -2.10. The van der Waals surface area contributed by atoms with Crippen molar-refractivity contribution in [1.82, 2.24) is 0 Å². The first-order valence-electron chi connectivity index (χ1n) is 21.0. The number of aliphatic carboxylic acids is 2. The Balaban J connectivity index is 1.19. The monoisotopic (exact) mass is 810 g/mol. The zero-order chi connectivity index (χ0) is 41.8. The van der Waals surface area contributed by atoms with Crippen molar-refractivity contribution in [3.63, 3.8) is 0 Å². The van der Waals surface area contributed by atoms with Gasteiger partial charge in [0.25, 0.3) is 0 Å². The Kier molecular flexibility index (Phi) is 11.2. The van der Waals surface area contributed by atoms with Crippen LogP contribution in [0, 0.1) is 50.2 Å². The molecule has 0 radical (unpaired) electrons. The zero-order valence-corrected chi connectivity index (χ0v) is 34.1. The summed E-state index contributed by atoms with van der Waals surface area (Å²) >= 11 is 0. The summed E-state index contributed by atoms with van der Waals surface area (Å²) in [5, 5.41) is 95.2. The van der Waals surface area contributed by atoms with Crippen LogP contribution in [0.15, 0.2) is 11.6 Å². The van der Waals surface area contributed by atoms with E-state index in [-0.39, 0.29) is 40.4 Å². The van der Waals surface area contributed by atoms with Crippen LogP contribution in [-0.2, 0) is 28.5 Å². The van der Waals surface area contributed by atoms with Crippen molar-refractivity contribution in [2.45, 2.75) is 173 Å². The average molecular weight is 811 g/mol. The van der Waals surface area contributed by atoms with E-state index in [4.69, 9.17) is 18.9 Å². The van der Waals surface area contributed by atoms with Gasteiger partial charge in [0.1, 0.15) is 48.8 Å². The fourth-order valence-electron chi connectivity index (χ4n) is 13.6. The standard InChI is InChI=1S/C42H66O15/c1-37(2)13-15-42(36(52)53)16-14-39(4)20(21(42)17-37)7-8-24-38(3)11-10-26(41(6,35(50)51)25(38)9-12-40(24,39)5)56-34-32(30(48)28(46)23(19-44)55-34)57-33-31(49)29(47)27(45)22(18-43)54-33/h7,21-34,43-49H,8-19H2,1-6H3,(H,50,51)(H,52,53)/t21-,22+,23+,24-,25-,26-,27+,28+,29-,30-,31+,32+,33-,34-,38-,39-,40-,41-,42-/m1/s1. The highest BCUT2D eigenvalue weighted by molar-refractivity contribution is 5.77. The molecule has 0 unspecified atom stereocenters. The molecule has 0 aromatic heterocycles. The number of hydrogen-bond acceptors (Lipinski definition) is 13. The van der Waals surface area contributed by atoms with Crippen molar-refractivity contribution >= 4 is 11.9 Å². The third-order valence-electron chi connectivity index (χ3n) is 17.4. The van der Waals surface area contributed by atoms with Crippen molar-refractivity contribution in [2.24, 2.45) is 50.2 Å². The van der Waals surface area contributed by atoms with Gasteiger partial charge in [-0.25, -0.2) is 0 Å². The molecule has 0 aromatic carbocycles. The second-order valence-corrected chi connectivity index (χ2v) is 20.4. The van der Waals surface area contributed by atoms with Gasteiger partial charge in [0.2, 0.25) is 0 Å². The van der Waals surface area contributed by atoms with Crippen LogP contribution in [0.4, 0.5) is 0 Å². The molecule has 0 amide bonds. The van der Waals surface area contributed by atoms with Gasteiger partial charge in [0, 0.05) is 0 Å². The summed E-state index contributed by atoms with van der Waals surface area (Å²) < 4.78 is 23.9. The number of aliphatic hydroxyl groups excluding tert-OH is 7. The van der Waals surface area contributed by atoms with E-state index in [1.54, 1.807) is 6.92 Å². The van der Waals surface area contributed by atoms with E-state index in [1.807, 2.05) is 0 Å². The highest BCUT2D eigenvalue weighted by atomic mass is 16.8. The highest BCUT2D eigenvalue weighted by Crippen LogP contribution is 2.76. The molecule has 9 N–H and O–H groups in total. The minimum atomic E-state index is -1.85. The van der Waals surface area contributed by atoms with Crippen molar-refractivity contribution < 1.29 is 74.5 Å². The summed E-state index contributed by atoms with van der Waals surface area (Å²) in [6.07, 6.45) is -8.41. The van der Waals surface area contributed by atoms with Gasteiger partial charge >= 0.3 is 11.9 Å². The maximum Gasteiger partial charge on any atom is 0.312 e. The minimum Gasteiger partial charge on any atom is -0.481 e. The quantitative estimate of drug-likeness (QED) is 0.126. The second-order valence-electron chi connectivity index (χ2n) is 20.4. The molecule has 15 nitrogen and oxygen atoms in total. The normalized spacial score (nSPS) is 53.3. The average Bonchev–Trinajstić information content (AvgIpc) is 3.15. The van der Waals surface area contributed by atoms with Crippen molar-refractivity contribution in [2.75, 3.05) is 13.2 Å². The van der Waals surface area contributed by atoms with E-state index in [2.05, 4.69) is 40.7 Å². The maximum atomic E-state index is 13.7. The highest BCUT2D eigenvalue weighted by Gasteiger charge is 2.71. The summed E-state index contributed by atoms with van der Waals surface area (Å²) in [4.78, 5) is 26.8. The van der Waals surface area contributed by atoms with E-state index in [0.29, 0.717) is 32.1 Å². The molecule has 2 saturated heterocycles. The smallest absolute Gasteiger partial charge is 0.312 e. The molecular weight excluding hydrogens is 744 g/mol. The largest absolute Gasteiger partial charge is 0.481 e. The molecule has 57 heavy (non-hydrogen) atoms. The van der Waals surface area contributed by atoms with Crippen molar-refractivity contribution in [1.29, 1.82) is 0 Å². The summed E-state index contributed by atoms with van der Waals surface area (Å²) in [7, 11) is 0. The molecule has 0 aromatic rings. The Bertz CT molecular complexity index is 1590. The van der Waals surface area contributed by atoms with E-state index >= 15 is 0 Å². The van der Waals surface area contributed by atoms with Crippen LogP contribution in [0.1, 0.15) is 106 Å². The SMILES string of the molecule is CC1(C)CC[C@@]2(C(=O)O)CC[C@]3(C)C(=CC[C@@H]4[C@@]5(C)CC[C@@H](O[C@H]6O[C@@H](CO)[C@H](O)[C@@H](O)[C@@H]6O[C@H]6O[C@@H](CO)[C@H](O)[C@@H](O)[C@@H]6O)[C@](C)(C(=O)O)[C@@H]5CC[C@]43C)[C@H]2C1. The number of hydrogen-bond donors (Lipinski definition) is 9. The molecule has 0 bridgehead atoms. The van der Waals surface area contributed by atoms with Gasteiger partial charge in [-0.1, -0.05) is 46.3 Å². The van der Waals surface area contributed by atoms with Gasteiger partial charge in [0.15, 0.2) is 12.6 Å². The third-order valence-corrected chi connectivity index (χ3v) is 17.4. The first-order chi connectivity index (χ1) is 26.6. The first-order valence-corrected chi connectivity index (χ1v) is 21.0. The number of carbonyl (C=O) groups is 2. The Morgan fingerprint density at radius 1 is 0.702 bits per heavy atom. The van der Waals surface area contributed by atoms with Crippen LogP contribution >= 0.6 is 0 Å². The minimum absolute atomic E-state index is 0.0258. The number of fused-ring (bicyclic) bond motifs is 7. The van der Waals surface area contributed by atoms with E-state index in [9.17, 15) is 55.5 Å². The molecule has 19 atom stereocenters. The van der Waals surface area contributed by atoms with Gasteiger partial charge in [-0.3, -0.25) is 9.59 Å². The fraction of sp³-hybridized carbons (Fsp3) is 0.905. The van der Waals surface area contributed by atoms with E-state index in [1.165, 1.54) is 5.57 Å². The van der Waals surface area contributed by atoms with Crippen molar-refractivity contribution in [3.05, 3.63) is 11.6 Å². The van der Waals surface area contributed by atoms with Gasteiger partial charge in [-0.05, 0) is 111 Å². The molecule has 7 rings (SSSR count). The number of aliphatic hydroxyl groups is 7. The van der Waals surface area contributed by atoms with Gasteiger partial charge < -0.3 is 64.9 Å². The lowest BCUT2D eigenvalue weighted by molar-refractivity contribution is -0.378. The lowest BCUT2D eigenvalue weighted by atomic mass is 9.33. The number of carboxylic acids is 2. The lowest BCUT2D eigenvalue weighted by Crippen LogP contribution is -2.68. The van der Waals surface area contributed by atoms with Crippen LogP contribution in [0.5, 0.6) is 0 Å². The molecular formula is C42H66O15. The predicted octanol–water partition coefficient (Wildman–Crippen LogP) is 1.95. The van der Waals surface area contributed by atoms with Gasteiger partial charge in [0.05, 0.1) is 30.1 Å². The van der Waals surface area contributed by atoms with Crippen LogP contribution in [0.25, 0.3) is 0 Å². The zero-order valence-electron chi connectivity index (χ0n) is 34.1. The Hall–Kier alpha value is -1.76. The molecule has 6 fully saturated rings. The fourth-order valence-corrected chi connectivity index (χ4v) is 13.6. The molecule has 4 saturated carbocycles. The first kappa shape index (κ1) is 43.3. The lowest BCUT2D eigenvalue weighted by Gasteiger charge is -2.71. The van der Waals surface area contributed by atoms with Crippen LogP contribution < -0.4 is 0 Å². The van der Waals surface area contributed by atoms with Gasteiger partial charge in [-0.15, -0.1) is 0 Å². The molecule has 2 aliphatic heterocycles. The molecule has 324 valence electrons. The number of ether oxygens (including phenoxy) is 4. The van der Waals surface area contributed by atoms with Crippen LogP contribution in [0.2, 0.25) is 0 Å². The van der Waals surface area contributed by atoms with Crippen LogP contribution in [0.3, 0.4) is 0 Å². The topological polar surface area (TPSA) is 253 Å². The third kappa shape index (κ3) is 6.30. The molecule has 2 heterocycles. The Morgan fingerprint density at radius 3 is 1.93 bits per heavy atom. The summed E-state index contributed by atoms with van der Waals surface area (Å²) in [5.41, 5.74) is -1.90. The Labute approximate surface area is 334 Å². The van der Waals surface area contributed by atoms with E-state index < -0.39 is 109 Å². The number of rotatable bonds is 8. The Morgan fingerprint density at radius 2 is 1.32 bits per heavy atom. The number of carboxylic acid groups (broad SMARTS) is 2. The van der Waals surface area contributed by atoms with Crippen molar-refractivity contribution in [3.8, 4) is 0 Å². The summed E-state index contributed by atoms with van der Waals surface area (Å²) in [6.45, 7) is 11.6.